The molecular weight excluding hydrogens is 694 g/mol. The number of unbranched alkanes of at least 4 members (excludes halogenated alkanes) is 1. The van der Waals surface area contributed by atoms with Gasteiger partial charge < -0.3 is 39.7 Å². The van der Waals surface area contributed by atoms with Gasteiger partial charge in [-0.15, -0.1) is 0 Å². The minimum Gasteiger partial charge on any atom is -0.445 e. The van der Waals surface area contributed by atoms with Gasteiger partial charge in [-0.1, -0.05) is 48.9 Å². The average Bonchev–Trinajstić information content (AvgIpc) is 3.97. The Bertz CT molecular complexity index is 1840. The Balaban J connectivity index is 1.23. The first-order valence-corrected chi connectivity index (χ1v) is 18.6. The van der Waals surface area contributed by atoms with E-state index in [1.165, 1.54) is 17.4 Å². The number of imidazole rings is 1. The number of piperidine rings is 1. The minimum atomic E-state index is -1.16. The van der Waals surface area contributed by atoms with Crippen LogP contribution in [0.2, 0.25) is 0 Å². The number of para-hydroxylation sites is 2. The molecule has 0 unspecified atom stereocenters. The quantitative estimate of drug-likeness (QED) is 0.107. The maximum Gasteiger partial charge on any atom is 0.410 e. The van der Waals surface area contributed by atoms with E-state index >= 15 is 0 Å². The lowest BCUT2D eigenvalue weighted by atomic mass is 9.89. The van der Waals surface area contributed by atoms with Gasteiger partial charge in [0.1, 0.15) is 24.3 Å². The average molecular weight is 742 g/mol. The highest BCUT2D eigenvalue weighted by molar-refractivity contribution is 6.00. The SMILES string of the molecule is NCCCC[C@H](CC(=O)[C@@H]1C[C@@H](OC(=O)N2CCCCC2)CN1C(=O)[C@H](Cc1cnc[nH]1)NC(=O)OCc1ccccc1)C(=O)c1nc2ccccc2o1. The molecule has 0 spiro atoms. The third kappa shape index (κ3) is 9.89. The highest BCUT2D eigenvalue weighted by Gasteiger charge is 2.45. The summed E-state index contributed by atoms with van der Waals surface area (Å²) in [5.74, 6) is -2.25. The molecule has 2 fully saturated rings. The van der Waals surface area contributed by atoms with E-state index in [1.807, 2.05) is 30.3 Å². The lowest BCUT2D eigenvalue weighted by Crippen LogP contribution is -2.53. The van der Waals surface area contributed by atoms with Crippen molar-refractivity contribution in [1.29, 1.82) is 0 Å². The predicted molar refractivity (Wildman–Crippen MR) is 196 cm³/mol. The maximum atomic E-state index is 14.5. The van der Waals surface area contributed by atoms with Crippen LogP contribution < -0.4 is 11.1 Å². The minimum absolute atomic E-state index is 0.0172. The normalized spacial score (nSPS) is 18.2. The lowest BCUT2D eigenvalue weighted by molar-refractivity contribution is -0.139. The molecule has 2 aliphatic rings. The summed E-state index contributed by atoms with van der Waals surface area (Å²) in [4.78, 5) is 83.4. The number of hydrogen-bond donors (Lipinski definition) is 3. The van der Waals surface area contributed by atoms with Crippen LogP contribution in [0.1, 0.15) is 73.3 Å². The van der Waals surface area contributed by atoms with E-state index < -0.39 is 48.0 Å². The Labute approximate surface area is 312 Å². The highest BCUT2D eigenvalue weighted by atomic mass is 16.6. The molecule has 0 aliphatic carbocycles. The first-order chi connectivity index (χ1) is 26.3. The molecule has 2 aromatic carbocycles. The molecule has 2 aromatic heterocycles. The van der Waals surface area contributed by atoms with Gasteiger partial charge in [-0.2, -0.15) is 0 Å². The van der Waals surface area contributed by atoms with E-state index in [9.17, 15) is 24.0 Å². The van der Waals surface area contributed by atoms with Crippen LogP contribution in [0.25, 0.3) is 11.1 Å². The van der Waals surface area contributed by atoms with Gasteiger partial charge in [0.05, 0.1) is 18.9 Å². The van der Waals surface area contributed by atoms with Crippen LogP contribution >= 0.6 is 0 Å². The van der Waals surface area contributed by atoms with Crippen LogP contribution in [0.3, 0.4) is 0 Å². The number of carbonyl (C=O) groups is 5. The van der Waals surface area contributed by atoms with Crippen LogP contribution in [0.5, 0.6) is 0 Å². The van der Waals surface area contributed by atoms with Crippen LogP contribution in [0, 0.1) is 5.92 Å². The molecule has 15 heteroatoms. The monoisotopic (exact) mass is 741 g/mol. The summed E-state index contributed by atoms with van der Waals surface area (Å²) in [7, 11) is 0. The van der Waals surface area contributed by atoms with E-state index in [0.29, 0.717) is 55.7 Å². The third-order valence-electron chi connectivity index (χ3n) is 9.91. The lowest BCUT2D eigenvalue weighted by Gasteiger charge is -2.29. The number of Topliss-reactive ketones (excluding diaryl/α,β-unsaturated/α-hetero) is 2. The van der Waals surface area contributed by atoms with Gasteiger partial charge in [-0.3, -0.25) is 14.4 Å². The van der Waals surface area contributed by atoms with E-state index in [2.05, 4.69) is 20.3 Å². The number of likely N-dealkylation sites (tertiary alicyclic amines) is 2. The Kier molecular flexibility index (Phi) is 13.0. The Morgan fingerprint density at radius 3 is 2.52 bits per heavy atom. The van der Waals surface area contributed by atoms with E-state index in [1.54, 1.807) is 29.2 Å². The smallest absolute Gasteiger partial charge is 0.410 e. The second-order valence-corrected chi connectivity index (χ2v) is 13.8. The molecule has 4 atom stereocenters. The van der Waals surface area contributed by atoms with Gasteiger partial charge in [0, 0.05) is 50.2 Å². The number of nitrogens with one attached hydrogen (secondary N) is 2. The fraction of sp³-hybridized carbons (Fsp3) is 0.462. The van der Waals surface area contributed by atoms with Gasteiger partial charge in [-0.05, 0) is 56.3 Å². The van der Waals surface area contributed by atoms with Gasteiger partial charge in [0.15, 0.2) is 11.4 Å². The van der Waals surface area contributed by atoms with Crippen molar-refractivity contribution in [2.45, 2.75) is 82.6 Å². The Morgan fingerprint density at radius 2 is 1.78 bits per heavy atom. The molecule has 0 bridgehead atoms. The fourth-order valence-electron chi connectivity index (χ4n) is 7.04. The molecule has 4 heterocycles. The summed E-state index contributed by atoms with van der Waals surface area (Å²) in [6.07, 6.45) is 5.08. The zero-order valence-corrected chi connectivity index (χ0v) is 30.2. The summed E-state index contributed by atoms with van der Waals surface area (Å²) in [5.41, 5.74) is 8.07. The van der Waals surface area contributed by atoms with Crippen LogP contribution in [-0.4, -0.2) is 98.8 Å². The van der Waals surface area contributed by atoms with Crippen LogP contribution in [0.15, 0.2) is 71.5 Å². The number of ketones is 2. The summed E-state index contributed by atoms with van der Waals surface area (Å²) in [6.45, 7) is 1.47. The fourth-order valence-corrected chi connectivity index (χ4v) is 7.04. The van der Waals surface area contributed by atoms with Crippen molar-refractivity contribution in [2.75, 3.05) is 26.2 Å². The summed E-state index contributed by atoms with van der Waals surface area (Å²) in [5, 5.41) is 2.68. The number of benzene rings is 2. The van der Waals surface area contributed by atoms with E-state index in [-0.39, 0.29) is 44.1 Å². The number of ether oxygens (including phenoxy) is 2. The van der Waals surface area contributed by atoms with E-state index in [4.69, 9.17) is 19.6 Å². The van der Waals surface area contributed by atoms with Crippen molar-refractivity contribution in [3.05, 3.63) is 84.3 Å². The zero-order valence-electron chi connectivity index (χ0n) is 30.2. The van der Waals surface area contributed by atoms with Gasteiger partial charge in [0.2, 0.25) is 11.7 Å². The van der Waals surface area contributed by atoms with Crippen molar-refractivity contribution in [3.63, 3.8) is 0 Å². The molecule has 15 nitrogen and oxygen atoms in total. The second-order valence-electron chi connectivity index (χ2n) is 13.8. The number of amides is 3. The topological polar surface area (TPSA) is 203 Å². The molecule has 54 heavy (non-hydrogen) atoms. The summed E-state index contributed by atoms with van der Waals surface area (Å²) in [6, 6.07) is 13.9. The largest absolute Gasteiger partial charge is 0.445 e. The van der Waals surface area contributed by atoms with Gasteiger partial charge in [-0.25, -0.2) is 19.6 Å². The number of carbonyl (C=O) groups excluding carboxylic acids is 5. The molecule has 3 amide bonds. The predicted octanol–water partition coefficient (Wildman–Crippen LogP) is 4.57. The van der Waals surface area contributed by atoms with Crippen LogP contribution in [-0.2, 0) is 32.1 Å². The highest BCUT2D eigenvalue weighted by Crippen LogP contribution is 2.29. The van der Waals surface area contributed by atoms with E-state index in [0.717, 1.165) is 24.8 Å². The molecule has 2 aliphatic heterocycles. The van der Waals surface area contributed by atoms with Crippen molar-refractivity contribution in [3.8, 4) is 0 Å². The zero-order chi connectivity index (χ0) is 37.9. The number of oxazole rings is 1. The van der Waals surface area contributed by atoms with Crippen molar-refractivity contribution >= 4 is 40.8 Å². The molecule has 286 valence electrons. The van der Waals surface area contributed by atoms with Gasteiger partial charge in [0.25, 0.3) is 5.89 Å². The number of nitrogens with zero attached hydrogens (tertiary/aromatic N) is 4. The number of H-pyrrole nitrogens is 1. The molecule has 4 N–H and O–H groups in total. The number of aromatic amines is 1. The molecule has 0 radical (unpaired) electrons. The maximum absolute atomic E-state index is 14.5. The summed E-state index contributed by atoms with van der Waals surface area (Å²) >= 11 is 0. The molecular formula is C39H47N7O8. The molecule has 4 aromatic rings. The standard InChI is InChI=1S/C39H47N7O8/c40-16-8-7-13-27(35(48)36-43-30-14-5-6-15-34(30)54-36)19-33(47)32-21-29(53-39(51)45-17-9-2-10-18-45)23-46(32)37(49)31(20-28-22-41-25-42-28)44-38(50)52-24-26-11-3-1-4-12-26/h1,3-6,11-12,14-15,22,25,27,29,31-32H,2,7-10,13,16-21,23-24,40H2,(H,41,42)(H,44,50)/t27-,29-,31+,32+/m1/s1. The molecule has 2 saturated heterocycles. The third-order valence-corrected chi connectivity index (χ3v) is 9.91. The first kappa shape index (κ1) is 38.2. The number of alkyl carbamates (subject to hydrolysis) is 1. The second kappa shape index (κ2) is 18.5. The van der Waals surface area contributed by atoms with Crippen molar-refractivity contribution in [1.82, 2.24) is 30.1 Å². The number of nitrogens with two attached hydrogens (primary N) is 1. The van der Waals surface area contributed by atoms with Crippen LogP contribution in [0.4, 0.5) is 9.59 Å². The number of aromatic nitrogens is 3. The number of fused-ring (bicyclic) bond motifs is 1. The molecule has 6 rings (SSSR count). The van der Waals surface area contributed by atoms with Gasteiger partial charge >= 0.3 is 12.2 Å². The number of hydrogen-bond acceptors (Lipinski definition) is 11. The van der Waals surface area contributed by atoms with Crippen molar-refractivity contribution in [2.24, 2.45) is 11.7 Å². The molecule has 0 saturated carbocycles. The van der Waals surface area contributed by atoms with Crippen molar-refractivity contribution < 1.29 is 37.9 Å². The Hall–Kier alpha value is -5.57. The first-order valence-electron chi connectivity index (χ1n) is 18.6. The summed E-state index contributed by atoms with van der Waals surface area (Å²) < 4.78 is 17.1. The number of rotatable bonds is 16. The Morgan fingerprint density at radius 1 is 1.00 bits per heavy atom.